The van der Waals surface area contributed by atoms with E-state index < -0.39 is 0 Å². The lowest BCUT2D eigenvalue weighted by atomic mass is 10.1. The Balaban J connectivity index is 2.86. The van der Waals surface area contributed by atoms with Crippen LogP contribution >= 0.6 is 0 Å². The van der Waals surface area contributed by atoms with E-state index in [0.717, 1.165) is 12.4 Å². The van der Waals surface area contributed by atoms with Gasteiger partial charge < -0.3 is 4.74 Å². The quantitative estimate of drug-likeness (QED) is 0.629. The highest BCUT2D eigenvalue weighted by Crippen LogP contribution is 2.15. The van der Waals surface area contributed by atoms with Gasteiger partial charge in [-0.1, -0.05) is 6.07 Å². The van der Waals surface area contributed by atoms with Crippen molar-refractivity contribution < 1.29 is 4.74 Å². The van der Waals surface area contributed by atoms with Crippen LogP contribution in [0, 0.1) is 13.8 Å². The van der Waals surface area contributed by atoms with Crippen LogP contribution in [-0.2, 0) is 0 Å². The maximum absolute atomic E-state index is 5.34. The minimum absolute atomic E-state index is 0.739. The van der Waals surface area contributed by atoms with E-state index in [1.807, 2.05) is 13.0 Å². The summed E-state index contributed by atoms with van der Waals surface area (Å²) in [6.07, 6.45) is 0. The average molecular weight is 150 g/mol. The SMILES string of the molecule is CCOc1ccc(C)c(C)c1. The first-order chi connectivity index (χ1) is 5.24. The molecule has 1 rings (SSSR count). The van der Waals surface area contributed by atoms with Gasteiger partial charge in [0.2, 0.25) is 0 Å². The summed E-state index contributed by atoms with van der Waals surface area (Å²) in [5.41, 5.74) is 2.60. The summed E-state index contributed by atoms with van der Waals surface area (Å²) in [6, 6.07) is 6.16. The van der Waals surface area contributed by atoms with Crippen molar-refractivity contribution in [3.8, 4) is 5.75 Å². The van der Waals surface area contributed by atoms with Gasteiger partial charge in [-0.3, -0.25) is 0 Å². The molecule has 0 bridgehead atoms. The van der Waals surface area contributed by atoms with Crippen LogP contribution in [0.5, 0.6) is 5.75 Å². The molecular weight excluding hydrogens is 136 g/mol. The second kappa shape index (κ2) is 3.42. The fraction of sp³-hybridized carbons (Fsp3) is 0.400. The summed E-state index contributed by atoms with van der Waals surface area (Å²) in [6.45, 7) is 6.93. The standard InChI is InChI=1S/C10H14O/c1-4-11-10-6-5-8(2)9(3)7-10/h5-7H,4H2,1-3H3. The van der Waals surface area contributed by atoms with Crippen molar-refractivity contribution in [2.75, 3.05) is 6.61 Å². The molecule has 0 aliphatic rings. The zero-order valence-corrected chi connectivity index (χ0v) is 7.35. The second-order valence-electron chi connectivity index (χ2n) is 2.68. The molecular formula is C10H14O. The van der Waals surface area contributed by atoms with E-state index in [1.54, 1.807) is 0 Å². The van der Waals surface area contributed by atoms with E-state index in [0.29, 0.717) is 0 Å². The van der Waals surface area contributed by atoms with Gasteiger partial charge in [-0.2, -0.15) is 0 Å². The van der Waals surface area contributed by atoms with Crippen LogP contribution in [-0.4, -0.2) is 6.61 Å². The highest BCUT2D eigenvalue weighted by molar-refractivity contribution is 5.33. The Bertz CT molecular complexity index is 241. The van der Waals surface area contributed by atoms with Crippen molar-refractivity contribution >= 4 is 0 Å². The molecule has 1 aromatic carbocycles. The summed E-state index contributed by atoms with van der Waals surface area (Å²) in [5.74, 6) is 0.968. The number of aryl methyl sites for hydroxylation is 2. The molecule has 0 saturated carbocycles. The van der Waals surface area contributed by atoms with Crippen molar-refractivity contribution in [3.63, 3.8) is 0 Å². The highest BCUT2D eigenvalue weighted by Gasteiger charge is 1.94. The molecule has 0 amide bonds. The van der Waals surface area contributed by atoms with Gasteiger partial charge >= 0.3 is 0 Å². The lowest BCUT2D eigenvalue weighted by Gasteiger charge is -2.04. The van der Waals surface area contributed by atoms with Gasteiger partial charge in [0.1, 0.15) is 5.75 Å². The van der Waals surface area contributed by atoms with Crippen molar-refractivity contribution in [2.24, 2.45) is 0 Å². The van der Waals surface area contributed by atoms with Crippen LogP contribution in [0.1, 0.15) is 18.1 Å². The average Bonchev–Trinajstić information content (AvgIpc) is 1.98. The second-order valence-corrected chi connectivity index (χ2v) is 2.68. The van der Waals surface area contributed by atoms with Crippen LogP contribution in [0.25, 0.3) is 0 Å². The van der Waals surface area contributed by atoms with Gasteiger partial charge in [-0.15, -0.1) is 0 Å². The molecule has 0 radical (unpaired) electrons. The molecule has 0 aromatic heterocycles. The van der Waals surface area contributed by atoms with Gasteiger partial charge in [0.15, 0.2) is 0 Å². The van der Waals surface area contributed by atoms with E-state index in [1.165, 1.54) is 11.1 Å². The monoisotopic (exact) mass is 150 g/mol. The van der Waals surface area contributed by atoms with E-state index in [2.05, 4.69) is 26.0 Å². The van der Waals surface area contributed by atoms with Crippen molar-refractivity contribution in [1.29, 1.82) is 0 Å². The number of rotatable bonds is 2. The van der Waals surface area contributed by atoms with Crippen molar-refractivity contribution in [3.05, 3.63) is 29.3 Å². The van der Waals surface area contributed by atoms with Gasteiger partial charge in [-0.05, 0) is 44.0 Å². The smallest absolute Gasteiger partial charge is 0.119 e. The summed E-state index contributed by atoms with van der Waals surface area (Å²) in [4.78, 5) is 0. The minimum atomic E-state index is 0.739. The first kappa shape index (κ1) is 8.12. The predicted octanol–water partition coefficient (Wildman–Crippen LogP) is 2.70. The molecule has 0 unspecified atom stereocenters. The molecule has 60 valence electrons. The fourth-order valence-electron chi connectivity index (χ4n) is 0.970. The lowest BCUT2D eigenvalue weighted by molar-refractivity contribution is 0.340. The number of hydrogen-bond acceptors (Lipinski definition) is 1. The normalized spacial score (nSPS) is 9.73. The molecule has 0 saturated heterocycles. The molecule has 0 atom stereocenters. The number of benzene rings is 1. The summed E-state index contributed by atoms with van der Waals surface area (Å²) in [5, 5.41) is 0. The highest BCUT2D eigenvalue weighted by atomic mass is 16.5. The molecule has 11 heavy (non-hydrogen) atoms. The Hall–Kier alpha value is -0.980. The molecule has 0 N–H and O–H groups in total. The molecule has 0 heterocycles. The Morgan fingerprint density at radius 2 is 1.91 bits per heavy atom. The minimum Gasteiger partial charge on any atom is -0.494 e. The van der Waals surface area contributed by atoms with Crippen LogP contribution in [0.2, 0.25) is 0 Å². The summed E-state index contributed by atoms with van der Waals surface area (Å²) in [7, 11) is 0. The molecule has 0 spiro atoms. The number of hydrogen-bond donors (Lipinski definition) is 0. The summed E-state index contributed by atoms with van der Waals surface area (Å²) >= 11 is 0. The number of ether oxygens (including phenoxy) is 1. The topological polar surface area (TPSA) is 9.23 Å². The molecule has 0 aliphatic carbocycles. The Morgan fingerprint density at radius 3 is 2.45 bits per heavy atom. The zero-order valence-electron chi connectivity index (χ0n) is 7.35. The van der Waals surface area contributed by atoms with Crippen molar-refractivity contribution in [2.45, 2.75) is 20.8 Å². The predicted molar refractivity (Wildman–Crippen MR) is 47.1 cm³/mol. The Labute approximate surface area is 68.0 Å². The van der Waals surface area contributed by atoms with Crippen LogP contribution in [0.3, 0.4) is 0 Å². The molecule has 1 heteroatoms. The Kier molecular flexibility index (Phi) is 2.53. The molecule has 0 aliphatic heterocycles. The van der Waals surface area contributed by atoms with Gasteiger partial charge in [0.05, 0.1) is 6.61 Å². The lowest BCUT2D eigenvalue weighted by Crippen LogP contribution is -1.92. The third-order valence-electron chi connectivity index (χ3n) is 1.79. The van der Waals surface area contributed by atoms with Crippen molar-refractivity contribution in [1.82, 2.24) is 0 Å². The third kappa shape index (κ3) is 1.97. The maximum atomic E-state index is 5.34. The fourth-order valence-corrected chi connectivity index (χ4v) is 0.970. The van der Waals surface area contributed by atoms with Crippen LogP contribution in [0.15, 0.2) is 18.2 Å². The van der Waals surface area contributed by atoms with E-state index in [9.17, 15) is 0 Å². The zero-order chi connectivity index (χ0) is 8.27. The van der Waals surface area contributed by atoms with Gasteiger partial charge in [-0.25, -0.2) is 0 Å². The summed E-state index contributed by atoms with van der Waals surface area (Å²) < 4.78 is 5.34. The first-order valence-corrected chi connectivity index (χ1v) is 3.94. The molecule has 0 fully saturated rings. The van der Waals surface area contributed by atoms with E-state index >= 15 is 0 Å². The molecule has 1 aromatic rings. The third-order valence-corrected chi connectivity index (χ3v) is 1.79. The van der Waals surface area contributed by atoms with E-state index in [4.69, 9.17) is 4.74 Å². The Morgan fingerprint density at radius 1 is 1.18 bits per heavy atom. The van der Waals surface area contributed by atoms with Gasteiger partial charge in [0, 0.05) is 0 Å². The van der Waals surface area contributed by atoms with E-state index in [-0.39, 0.29) is 0 Å². The first-order valence-electron chi connectivity index (χ1n) is 3.94. The van der Waals surface area contributed by atoms with Crippen LogP contribution < -0.4 is 4.74 Å². The van der Waals surface area contributed by atoms with Gasteiger partial charge in [0.25, 0.3) is 0 Å². The molecule has 1 nitrogen and oxygen atoms in total. The van der Waals surface area contributed by atoms with Crippen LogP contribution in [0.4, 0.5) is 0 Å². The largest absolute Gasteiger partial charge is 0.494 e. The maximum Gasteiger partial charge on any atom is 0.119 e.